The Morgan fingerprint density at radius 2 is 1.69 bits per heavy atom. The van der Waals surface area contributed by atoms with Crippen LogP contribution in [0, 0.1) is 17.8 Å². The minimum absolute atomic E-state index is 0.411. The van der Waals surface area contributed by atoms with Crippen LogP contribution in [0.2, 0.25) is 0 Å². The SMILES string of the molecule is CC(C)C1C=CC=CC1COc1ccc(-c2nn(C)cc2-c2ccncc2)cc1. The third kappa shape index (κ3) is 4.32. The van der Waals surface area contributed by atoms with Crippen LogP contribution in [-0.2, 0) is 7.05 Å². The van der Waals surface area contributed by atoms with Crippen molar-refractivity contribution in [2.75, 3.05) is 6.61 Å². The van der Waals surface area contributed by atoms with Gasteiger partial charge in [0.1, 0.15) is 11.4 Å². The first-order valence-electron chi connectivity index (χ1n) is 10.1. The zero-order valence-electron chi connectivity index (χ0n) is 17.2. The fourth-order valence-corrected chi connectivity index (χ4v) is 3.90. The molecular weight excluding hydrogens is 358 g/mol. The molecule has 4 nitrogen and oxygen atoms in total. The molecule has 0 fully saturated rings. The average molecular weight is 386 g/mol. The summed E-state index contributed by atoms with van der Waals surface area (Å²) in [6.07, 6.45) is 14.5. The van der Waals surface area contributed by atoms with E-state index in [2.05, 4.69) is 60.4 Å². The van der Waals surface area contributed by atoms with Crippen LogP contribution < -0.4 is 4.74 Å². The summed E-state index contributed by atoms with van der Waals surface area (Å²) in [6, 6.07) is 12.3. The van der Waals surface area contributed by atoms with Gasteiger partial charge < -0.3 is 4.74 Å². The molecule has 0 aliphatic heterocycles. The number of aromatic nitrogens is 3. The van der Waals surface area contributed by atoms with Gasteiger partial charge in [0.25, 0.3) is 0 Å². The molecule has 2 heterocycles. The Labute approximate surface area is 172 Å². The first-order valence-corrected chi connectivity index (χ1v) is 10.1. The molecule has 0 radical (unpaired) electrons. The molecular formula is C25H27N3O. The van der Waals surface area contributed by atoms with Gasteiger partial charge in [-0.3, -0.25) is 9.67 Å². The summed E-state index contributed by atoms with van der Waals surface area (Å²) < 4.78 is 7.97. The van der Waals surface area contributed by atoms with Gasteiger partial charge >= 0.3 is 0 Å². The summed E-state index contributed by atoms with van der Waals surface area (Å²) in [5.74, 6) is 2.42. The molecule has 0 saturated heterocycles. The largest absolute Gasteiger partial charge is 0.493 e. The van der Waals surface area contributed by atoms with E-state index < -0.39 is 0 Å². The first-order chi connectivity index (χ1) is 14.1. The minimum atomic E-state index is 0.411. The third-order valence-corrected chi connectivity index (χ3v) is 5.46. The predicted molar refractivity (Wildman–Crippen MR) is 117 cm³/mol. The van der Waals surface area contributed by atoms with Gasteiger partial charge in [0.2, 0.25) is 0 Å². The highest BCUT2D eigenvalue weighted by atomic mass is 16.5. The van der Waals surface area contributed by atoms with E-state index >= 15 is 0 Å². The fraction of sp³-hybridized carbons (Fsp3) is 0.280. The van der Waals surface area contributed by atoms with Crippen LogP contribution in [-0.4, -0.2) is 21.4 Å². The minimum Gasteiger partial charge on any atom is -0.493 e. The molecule has 1 aliphatic carbocycles. The van der Waals surface area contributed by atoms with Gasteiger partial charge in [-0.15, -0.1) is 0 Å². The van der Waals surface area contributed by atoms with Crippen LogP contribution in [0.1, 0.15) is 13.8 Å². The maximum absolute atomic E-state index is 6.12. The van der Waals surface area contributed by atoms with E-state index in [1.165, 1.54) is 0 Å². The van der Waals surface area contributed by atoms with Gasteiger partial charge in [-0.1, -0.05) is 38.2 Å². The maximum atomic E-state index is 6.12. The van der Waals surface area contributed by atoms with E-state index in [9.17, 15) is 0 Å². The molecule has 4 heteroatoms. The molecule has 2 aromatic heterocycles. The third-order valence-electron chi connectivity index (χ3n) is 5.46. The van der Waals surface area contributed by atoms with E-state index in [-0.39, 0.29) is 0 Å². The smallest absolute Gasteiger partial charge is 0.119 e. The van der Waals surface area contributed by atoms with Gasteiger partial charge in [0.15, 0.2) is 0 Å². The Morgan fingerprint density at radius 3 is 2.41 bits per heavy atom. The molecule has 2 atom stereocenters. The van der Waals surface area contributed by atoms with Crippen molar-refractivity contribution < 1.29 is 4.74 Å². The summed E-state index contributed by atoms with van der Waals surface area (Å²) in [5, 5.41) is 4.67. The van der Waals surface area contributed by atoms with Gasteiger partial charge in [-0.2, -0.15) is 5.10 Å². The number of hydrogen-bond acceptors (Lipinski definition) is 3. The van der Waals surface area contributed by atoms with Crippen LogP contribution in [0.25, 0.3) is 22.4 Å². The molecule has 1 aliphatic rings. The Kier molecular flexibility index (Phi) is 5.61. The summed E-state index contributed by atoms with van der Waals surface area (Å²) >= 11 is 0. The Morgan fingerprint density at radius 1 is 0.966 bits per heavy atom. The topological polar surface area (TPSA) is 39.9 Å². The zero-order chi connectivity index (χ0) is 20.2. The Bertz CT molecular complexity index is 1000. The molecule has 2 unspecified atom stereocenters. The second-order valence-corrected chi connectivity index (χ2v) is 7.89. The van der Waals surface area contributed by atoms with E-state index in [0.717, 1.165) is 28.1 Å². The Hall–Kier alpha value is -3.14. The maximum Gasteiger partial charge on any atom is 0.119 e. The quantitative estimate of drug-likeness (QED) is 0.559. The second kappa shape index (κ2) is 8.48. The molecule has 3 aromatic rings. The molecule has 0 spiro atoms. The lowest BCUT2D eigenvalue weighted by molar-refractivity contribution is 0.220. The molecule has 0 amide bonds. The van der Waals surface area contributed by atoms with Crippen LogP contribution in [0.4, 0.5) is 0 Å². The number of hydrogen-bond donors (Lipinski definition) is 0. The van der Waals surface area contributed by atoms with Crippen LogP contribution >= 0.6 is 0 Å². The lowest BCUT2D eigenvalue weighted by atomic mass is 9.81. The highest BCUT2D eigenvalue weighted by Crippen LogP contribution is 2.32. The van der Waals surface area contributed by atoms with Crippen molar-refractivity contribution in [2.45, 2.75) is 13.8 Å². The van der Waals surface area contributed by atoms with Gasteiger partial charge in [0.05, 0.1) is 6.61 Å². The molecule has 0 bridgehead atoms. The monoisotopic (exact) mass is 385 g/mol. The molecule has 29 heavy (non-hydrogen) atoms. The number of aryl methyl sites for hydroxylation is 1. The highest BCUT2D eigenvalue weighted by molar-refractivity contribution is 5.80. The van der Waals surface area contributed by atoms with Crippen molar-refractivity contribution in [3.63, 3.8) is 0 Å². The van der Waals surface area contributed by atoms with Crippen LogP contribution in [0.15, 0.2) is 79.3 Å². The summed E-state index contributed by atoms with van der Waals surface area (Å²) in [5.41, 5.74) is 4.25. The van der Waals surface area contributed by atoms with E-state index in [0.29, 0.717) is 24.4 Å². The molecule has 0 saturated carbocycles. The van der Waals surface area contributed by atoms with Crippen molar-refractivity contribution in [3.05, 3.63) is 79.3 Å². The number of nitrogens with zero attached hydrogens (tertiary/aromatic N) is 3. The number of ether oxygens (including phenoxy) is 1. The number of rotatable bonds is 6. The standard InChI is InChI=1S/C25H27N3O/c1-18(2)23-7-5-4-6-21(23)17-29-22-10-8-20(9-11-22)25-24(16-28(3)27-25)19-12-14-26-15-13-19/h4-16,18,21,23H,17H2,1-3H3. The second-order valence-electron chi connectivity index (χ2n) is 7.89. The van der Waals surface area contributed by atoms with Crippen LogP contribution in [0.3, 0.4) is 0 Å². The van der Waals surface area contributed by atoms with E-state index in [1.807, 2.05) is 54.6 Å². The average Bonchev–Trinajstić information content (AvgIpc) is 3.15. The summed E-state index contributed by atoms with van der Waals surface area (Å²) in [7, 11) is 1.95. The molecule has 148 valence electrons. The summed E-state index contributed by atoms with van der Waals surface area (Å²) in [4.78, 5) is 4.11. The van der Waals surface area contributed by atoms with Gasteiger partial charge in [-0.25, -0.2) is 0 Å². The van der Waals surface area contributed by atoms with E-state index in [1.54, 1.807) is 0 Å². The van der Waals surface area contributed by atoms with E-state index in [4.69, 9.17) is 4.74 Å². The van der Waals surface area contributed by atoms with Gasteiger partial charge in [0, 0.05) is 42.7 Å². The predicted octanol–water partition coefficient (Wildman–Crippen LogP) is 5.54. The van der Waals surface area contributed by atoms with Crippen molar-refractivity contribution in [2.24, 2.45) is 24.8 Å². The molecule has 0 N–H and O–H groups in total. The fourth-order valence-electron chi connectivity index (χ4n) is 3.90. The Balaban J connectivity index is 1.49. The van der Waals surface area contributed by atoms with Crippen molar-refractivity contribution in [1.82, 2.24) is 14.8 Å². The number of allylic oxidation sites excluding steroid dienone is 3. The summed E-state index contributed by atoms with van der Waals surface area (Å²) in [6.45, 7) is 5.22. The van der Waals surface area contributed by atoms with Crippen molar-refractivity contribution in [3.8, 4) is 28.1 Å². The highest BCUT2D eigenvalue weighted by Gasteiger charge is 2.22. The lowest BCUT2D eigenvalue weighted by Gasteiger charge is -2.27. The zero-order valence-corrected chi connectivity index (χ0v) is 17.2. The number of benzene rings is 1. The molecule has 4 rings (SSSR count). The molecule has 1 aromatic carbocycles. The van der Waals surface area contributed by atoms with Crippen molar-refractivity contribution >= 4 is 0 Å². The lowest BCUT2D eigenvalue weighted by Crippen LogP contribution is -2.24. The van der Waals surface area contributed by atoms with Crippen molar-refractivity contribution in [1.29, 1.82) is 0 Å². The first kappa shape index (κ1) is 19.2. The normalized spacial score (nSPS) is 18.3. The number of pyridine rings is 1. The van der Waals surface area contributed by atoms with Crippen LogP contribution in [0.5, 0.6) is 5.75 Å². The van der Waals surface area contributed by atoms with Gasteiger partial charge in [-0.05, 0) is 53.8 Å².